The number of benzene rings is 1. The quantitative estimate of drug-likeness (QED) is 0.707. The molecular formula is C18H17N5O3. The number of nitrogens with zero attached hydrogens (tertiary/aromatic N) is 5. The lowest BCUT2D eigenvalue weighted by Crippen LogP contribution is -2.19. The van der Waals surface area contributed by atoms with Gasteiger partial charge in [0.15, 0.2) is 5.82 Å². The van der Waals surface area contributed by atoms with Gasteiger partial charge < -0.3 is 18.6 Å². The lowest BCUT2D eigenvalue weighted by Gasteiger charge is -2.13. The molecule has 1 aliphatic rings. The van der Waals surface area contributed by atoms with E-state index < -0.39 is 0 Å². The van der Waals surface area contributed by atoms with Crippen molar-refractivity contribution in [2.45, 2.75) is 19.3 Å². The van der Waals surface area contributed by atoms with E-state index in [9.17, 15) is 5.26 Å². The van der Waals surface area contributed by atoms with Gasteiger partial charge in [0.05, 0.1) is 13.0 Å². The molecule has 0 amide bonds. The van der Waals surface area contributed by atoms with Gasteiger partial charge in [-0.2, -0.15) is 15.2 Å². The fraction of sp³-hybridized carbons (Fsp3) is 0.333. The summed E-state index contributed by atoms with van der Waals surface area (Å²) in [5, 5.41) is 13.3. The Kier molecular flexibility index (Phi) is 4.05. The summed E-state index contributed by atoms with van der Waals surface area (Å²) in [7, 11) is 1.61. The van der Waals surface area contributed by atoms with Crippen LogP contribution in [0.4, 0.5) is 5.88 Å². The maximum atomic E-state index is 9.45. The summed E-state index contributed by atoms with van der Waals surface area (Å²) in [6.45, 7) is 3.18. The average molecular weight is 351 g/mol. The zero-order valence-electron chi connectivity index (χ0n) is 14.5. The lowest BCUT2D eigenvalue weighted by atomic mass is 10.1. The first-order chi connectivity index (χ1) is 12.7. The largest absolute Gasteiger partial charge is 0.497 e. The molecule has 0 spiro atoms. The predicted molar refractivity (Wildman–Crippen MR) is 91.8 cm³/mol. The smallest absolute Gasteiger partial charge is 0.235 e. The van der Waals surface area contributed by atoms with Crippen LogP contribution in [0.1, 0.15) is 29.7 Å². The second-order valence-electron chi connectivity index (χ2n) is 6.12. The van der Waals surface area contributed by atoms with Crippen LogP contribution < -0.4 is 9.64 Å². The predicted octanol–water partition coefficient (Wildman–Crippen LogP) is 2.91. The minimum absolute atomic E-state index is 0.122. The van der Waals surface area contributed by atoms with Crippen LogP contribution in [-0.4, -0.2) is 35.3 Å². The molecule has 8 nitrogen and oxygen atoms in total. The Morgan fingerprint density at radius 3 is 2.73 bits per heavy atom. The standard InChI is InChI=1S/C18H17N5O3/c1-11-20-17(26-22-11)13-7-8-23(10-13)18-15(9-19)21-16(25-18)12-3-5-14(24-2)6-4-12/h3-6,13H,7-8,10H2,1-2H3. The molecule has 1 atom stereocenters. The minimum atomic E-state index is 0.122. The third-order valence-corrected chi connectivity index (χ3v) is 4.42. The monoisotopic (exact) mass is 351 g/mol. The van der Waals surface area contributed by atoms with E-state index in [1.165, 1.54) is 0 Å². The third kappa shape index (κ3) is 2.88. The highest BCUT2D eigenvalue weighted by molar-refractivity contribution is 5.60. The average Bonchev–Trinajstić information content (AvgIpc) is 3.40. The van der Waals surface area contributed by atoms with Gasteiger partial charge in [0.25, 0.3) is 0 Å². The summed E-state index contributed by atoms with van der Waals surface area (Å²) in [5.41, 5.74) is 1.06. The van der Waals surface area contributed by atoms with Gasteiger partial charge in [0, 0.05) is 18.7 Å². The first-order valence-electron chi connectivity index (χ1n) is 8.28. The van der Waals surface area contributed by atoms with Gasteiger partial charge in [0.1, 0.15) is 11.8 Å². The molecule has 1 unspecified atom stereocenters. The van der Waals surface area contributed by atoms with E-state index in [0.717, 1.165) is 24.3 Å². The topological polar surface area (TPSA) is 101 Å². The molecule has 0 N–H and O–H groups in total. The Morgan fingerprint density at radius 2 is 2.08 bits per heavy atom. The van der Waals surface area contributed by atoms with Crippen molar-refractivity contribution in [3.05, 3.63) is 41.7 Å². The Labute approximate surface area is 150 Å². The van der Waals surface area contributed by atoms with Crippen LogP contribution in [0.3, 0.4) is 0 Å². The molecule has 0 bridgehead atoms. The molecule has 1 saturated heterocycles. The molecule has 1 fully saturated rings. The van der Waals surface area contributed by atoms with Crippen LogP contribution in [-0.2, 0) is 0 Å². The zero-order chi connectivity index (χ0) is 18.1. The number of hydrogen-bond donors (Lipinski definition) is 0. The highest BCUT2D eigenvalue weighted by atomic mass is 16.5. The van der Waals surface area contributed by atoms with E-state index in [0.29, 0.717) is 30.0 Å². The Bertz CT molecular complexity index is 954. The summed E-state index contributed by atoms with van der Waals surface area (Å²) >= 11 is 0. The molecule has 2 aromatic heterocycles. The molecule has 8 heteroatoms. The third-order valence-electron chi connectivity index (χ3n) is 4.42. The van der Waals surface area contributed by atoms with E-state index in [2.05, 4.69) is 21.2 Å². The number of nitriles is 1. The maximum Gasteiger partial charge on any atom is 0.235 e. The second-order valence-corrected chi connectivity index (χ2v) is 6.12. The molecule has 1 aromatic carbocycles. The van der Waals surface area contributed by atoms with Crippen molar-refractivity contribution in [1.29, 1.82) is 5.26 Å². The van der Waals surface area contributed by atoms with Crippen molar-refractivity contribution in [2.75, 3.05) is 25.1 Å². The number of anilines is 1. The summed E-state index contributed by atoms with van der Waals surface area (Å²) in [5.74, 6) is 3.01. The van der Waals surface area contributed by atoms with Gasteiger partial charge in [-0.3, -0.25) is 0 Å². The molecule has 0 radical (unpaired) electrons. The first-order valence-corrected chi connectivity index (χ1v) is 8.28. The van der Waals surface area contributed by atoms with E-state index in [-0.39, 0.29) is 11.6 Å². The van der Waals surface area contributed by atoms with E-state index in [1.54, 1.807) is 14.0 Å². The molecule has 0 aliphatic carbocycles. The first kappa shape index (κ1) is 16.1. The number of ether oxygens (including phenoxy) is 1. The fourth-order valence-electron chi connectivity index (χ4n) is 3.08. The molecule has 132 valence electrons. The highest BCUT2D eigenvalue weighted by Gasteiger charge is 2.32. The van der Waals surface area contributed by atoms with E-state index >= 15 is 0 Å². The molecular weight excluding hydrogens is 334 g/mol. The number of methoxy groups -OCH3 is 1. The fourth-order valence-corrected chi connectivity index (χ4v) is 3.08. The number of aryl methyl sites for hydroxylation is 1. The van der Waals surface area contributed by atoms with Gasteiger partial charge in [-0.1, -0.05) is 5.16 Å². The van der Waals surface area contributed by atoms with Gasteiger partial charge in [-0.15, -0.1) is 0 Å². The SMILES string of the molecule is COc1ccc(-c2nc(C#N)c(N3CCC(c4nc(C)no4)C3)o2)cc1. The van der Waals surface area contributed by atoms with Crippen LogP contribution in [0.15, 0.2) is 33.2 Å². The molecule has 0 saturated carbocycles. The van der Waals surface area contributed by atoms with Crippen LogP contribution in [0.2, 0.25) is 0 Å². The minimum Gasteiger partial charge on any atom is -0.497 e. The van der Waals surface area contributed by atoms with Gasteiger partial charge in [0.2, 0.25) is 23.4 Å². The van der Waals surface area contributed by atoms with Crippen molar-refractivity contribution in [3.8, 4) is 23.3 Å². The molecule has 3 aromatic rings. The van der Waals surface area contributed by atoms with Gasteiger partial charge in [-0.05, 0) is 37.6 Å². The van der Waals surface area contributed by atoms with Crippen LogP contribution in [0.25, 0.3) is 11.5 Å². The summed E-state index contributed by atoms with van der Waals surface area (Å²) in [4.78, 5) is 10.6. The Balaban J connectivity index is 1.58. The summed E-state index contributed by atoms with van der Waals surface area (Å²) in [6.07, 6.45) is 0.852. The van der Waals surface area contributed by atoms with Crippen molar-refractivity contribution >= 4 is 5.88 Å². The van der Waals surface area contributed by atoms with Crippen molar-refractivity contribution in [3.63, 3.8) is 0 Å². The molecule has 26 heavy (non-hydrogen) atoms. The van der Waals surface area contributed by atoms with Crippen LogP contribution in [0, 0.1) is 18.3 Å². The van der Waals surface area contributed by atoms with Gasteiger partial charge >= 0.3 is 0 Å². The maximum absolute atomic E-state index is 9.45. The number of rotatable bonds is 4. The number of aromatic nitrogens is 3. The zero-order valence-corrected chi connectivity index (χ0v) is 14.5. The number of hydrogen-bond acceptors (Lipinski definition) is 8. The Morgan fingerprint density at radius 1 is 1.27 bits per heavy atom. The molecule has 1 aliphatic heterocycles. The Hall–Kier alpha value is -3.34. The summed E-state index contributed by atoms with van der Waals surface area (Å²) in [6, 6.07) is 9.48. The normalized spacial score (nSPS) is 16.7. The second kappa shape index (κ2) is 6.52. The molecule has 4 rings (SSSR count). The molecule has 3 heterocycles. The van der Waals surface area contributed by atoms with Crippen LogP contribution in [0.5, 0.6) is 5.75 Å². The van der Waals surface area contributed by atoms with Gasteiger partial charge in [-0.25, -0.2) is 0 Å². The highest BCUT2D eigenvalue weighted by Crippen LogP contribution is 2.34. The summed E-state index contributed by atoms with van der Waals surface area (Å²) < 4.78 is 16.4. The van der Waals surface area contributed by atoms with Crippen LogP contribution >= 0.6 is 0 Å². The van der Waals surface area contributed by atoms with E-state index in [4.69, 9.17) is 13.7 Å². The van der Waals surface area contributed by atoms with Crippen molar-refractivity contribution in [1.82, 2.24) is 15.1 Å². The lowest BCUT2D eigenvalue weighted by molar-refractivity contribution is 0.356. The number of oxazole rings is 1. The van der Waals surface area contributed by atoms with Crippen molar-refractivity contribution in [2.24, 2.45) is 0 Å². The van der Waals surface area contributed by atoms with Crippen molar-refractivity contribution < 1.29 is 13.7 Å². The van der Waals surface area contributed by atoms with E-state index in [1.807, 2.05) is 29.2 Å².